The van der Waals surface area contributed by atoms with Gasteiger partial charge in [0.15, 0.2) is 0 Å². The minimum Gasteiger partial charge on any atom is -0.396 e. The number of amides is 3. The highest BCUT2D eigenvalue weighted by Gasteiger charge is 2.42. The van der Waals surface area contributed by atoms with E-state index in [-0.39, 0.29) is 30.6 Å². The van der Waals surface area contributed by atoms with Gasteiger partial charge >= 0.3 is 6.03 Å². The van der Waals surface area contributed by atoms with Crippen LogP contribution >= 0.6 is 11.8 Å². The molecule has 4 N–H and O–H groups in total. The molecule has 0 spiro atoms. The van der Waals surface area contributed by atoms with Crippen LogP contribution < -0.4 is 16.0 Å². The molecule has 3 unspecified atom stereocenters. The summed E-state index contributed by atoms with van der Waals surface area (Å²) < 4.78 is 0. The molecule has 3 amide bonds. The number of carbonyl (C=O) groups excluding carboxylic acids is 2. The van der Waals surface area contributed by atoms with E-state index in [4.69, 9.17) is 5.11 Å². The summed E-state index contributed by atoms with van der Waals surface area (Å²) in [6.45, 7) is 0.997. The highest BCUT2D eigenvalue weighted by Crippen LogP contribution is 2.33. The van der Waals surface area contributed by atoms with Crippen LogP contribution in [0.3, 0.4) is 0 Å². The third-order valence-corrected chi connectivity index (χ3v) is 6.00. The predicted molar refractivity (Wildman–Crippen MR) is 92.5 cm³/mol. The van der Waals surface area contributed by atoms with E-state index in [1.54, 1.807) is 0 Å². The van der Waals surface area contributed by atoms with E-state index >= 15 is 0 Å². The first-order chi connectivity index (χ1) is 11.2. The number of unbranched alkanes of at least 4 members (excludes halogenated alkanes) is 4. The molecule has 0 radical (unpaired) electrons. The molecule has 3 atom stereocenters. The van der Waals surface area contributed by atoms with Crippen molar-refractivity contribution >= 4 is 23.7 Å². The fourth-order valence-corrected chi connectivity index (χ4v) is 4.72. The van der Waals surface area contributed by atoms with Crippen molar-refractivity contribution in [2.75, 3.05) is 18.9 Å². The second-order valence-electron chi connectivity index (χ2n) is 6.36. The number of nitrogens with one attached hydrogen (secondary N) is 3. The molecule has 0 aromatic rings. The van der Waals surface area contributed by atoms with E-state index in [0.717, 1.165) is 57.2 Å². The third-order valence-electron chi connectivity index (χ3n) is 4.49. The van der Waals surface area contributed by atoms with Crippen molar-refractivity contribution in [2.24, 2.45) is 0 Å². The molecule has 23 heavy (non-hydrogen) atoms. The molecular formula is C16H29N3O3S. The number of rotatable bonds is 11. The zero-order valence-corrected chi connectivity index (χ0v) is 14.5. The SMILES string of the molecule is O=C(CCCCC1SCC2NC(=O)NC21)NCCCCCCO. The summed E-state index contributed by atoms with van der Waals surface area (Å²) in [6.07, 6.45) is 7.51. The molecule has 2 heterocycles. The summed E-state index contributed by atoms with van der Waals surface area (Å²) in [4.78, 5) is 23.0. The minimum atomic E-state index is -0.0383. The number of aliphatic hydroxyl groups is 1. The summed E-state index contributed by atoms with van der Waals surface area (Å²) in [7, 11) is 0. The van der Waals surface area contributed by atoms with Gasteiger partial charge in [0.2, 0.25) is 5.91 Å². The molecule has 2 aliphatic rings. The van der Waals surface area contributed by atoms with Crippen LogP contribution in [0.4, 0.5) is 4.79 Å². The molecule has 2 saturated heterocycles. The molecule has 2 aliphatic heterocycles. The van der Waals surface area contributed by atoms with Crippen molar-refractivity contribution < 1.29 is 14.7 Å². The number of urea groups is 1. The molecule has 0 aromatic carbocycles. The molecule has 132 valence electrons. The van der Waals surface area contributed by atoms with Crippen LogP contribution in [0.5, 0.6) is 0 Å². The van der Waals surface area contributed by atoms with Gasteiger partial charge in [0, 0.05) is 30.6 Å². The Labute approximate surface area is 142 Å². The van der Waals surface area contributed by atoms with E-state index in [0.29, 0.717) is 11.7 Å². The summed E-state index contributed by atoms with van der Waals surface area (Å²) in [5.41, 5.74) is 0. The maximum atomic E-state index is 11.7. The quantitative estimate of drug-likeness (QED) is 0.337. The van der Waals surface area contributed by atoms with E-state index in [1.165, 1.54) is 0 Å². The topological polar surface area (TPSA) is 90.5 Å². The largest absolute Gasteiger partial charge is 0.396 e. The van der Waals surface area contributed by atoms with Gasteiger partial charge in [-0.05, 0) is 25.7 Å². The van der Waals surface area contributed by atoms with E-state index in [9.17, 15) is 9.59 Å². The molecule has 7 heteroatoms. The van der Waals surface area contributed by atoms with Gasteiger partial charge in [-0.1, -0.05) is 19.3 Å². The minimum absolute atomic E-state index is 0.0383. The molecule has 0 aliphatic carbocycles. The first-order valence-corrected chi connectivity index (χ1v) is 9.82. The van der Waals surface area contributed by atoms with Crippen LogP contribution in [-0.2, 0) is 4.79 Å². The van der Waals surface area contributed by atoms with Crippen LogP contribution in [0.15, 0.2) is 0 Å². The highest BCUT2D eigenvalue weighted by molar-refractivity contribution is 8.00. The monoisotopic (exact) mass is 343 g/mol. The van der Waals surface area contributed by atoms with Crippen LogP contribution in [0, 0.1) is 0 Å². The average Bonchev–Trinajstić information content (AvgIpc) is 3.07. The molecule has 2 rings (SSSR count). The maximum absolute atomic E-state index is 11.7. The van der Waals surface area contributed by atoms with Gasteiger partial charge in [-0.25, -0.2) is 4.79 Å². The molecular weight excluding hydrogens is 314 g/mol. The van der Waals surface area contributed by atoms with Crippen molar-refractivity contribution in [1.82, 2.24) is 16.0 Å². The lowest BCUT2D eigenvalue weighted by Crippen LogP contribution is -2.36. The van der Waals surface area contributed by atoms with Crippen LogP contribution in [0.2, 0.25) is 0 Å². The second-order valence-corrected chi connectivity index (χ2v) is 7.63. The van der Waals surface area contributed by atoms with Gasteiger partial charge in [-0.2, -0.15) is 11.8 Å². The number of hydrogen-bond donors (Lipinski definition) is 4. The van der Waals surface area contributed by atoms with Crippen molar-refractivity contribution in [3.8, 4) is 0 Å². The fraction of sp³-hybridized carbons (Fsp3) is 0.875. The van der Waals surface area contributed by atoms with Crippen LogP contribution in [-0.4, -0.2) is 53.3 Å². The number of hydrogen-bond acceptors (Lipinski definition) is 4. The smallest absolute Gasteiger partial charge is 0.315 e. The van der Waals surface area contributed by atoms with Gasteiger partial charge in [-0.3, -0.25) is 4.79 Å². The molecule has 2 fully saturated rings. The highest BCUT2D eigenvalue weighted by atomic mass is 32.2. The normalized spacial score (nSPS) is 25.8. The standard InChI is InChI=1S/C16H29N3O3S/c20-10-6-2-1-5-9-17-14(21)8-4-3-7-13-15-12(11-23-13)18-16(22)19-15/h12-13,15,20H,1-11H2,(H,17,21)(H2,18,19,22). The Morgan fingerprint density at radius 2 is 2.00 bits per heavy atom. The fourth-order valence-electron chi connectivity index (χ4n) is 3.18. The van der Waals surface area contributed by atoms with Gasteiger partial charge in [0.1, 0.15) is 0 Å². The summed E-state index contributed by atoms with van der Waals surface area (Å²) >= 11 is 1.92. The Kier molecular flexibility index (Phi) is 8.02. The van der Waals surface area contributed by atoms with Gasteiger partial charge in [-0.15, -0.1) is 0 Å². The lowest BCUT2D eigenvalue weighted by Gasteiger charge is -2.16. The Morgan fingerprint density at radius 1 is 1.17 bits per heavy atom. The van der Waals surface area contributed by atoms with Crippen molar-refractivity contribution in [3.05, 3.63) is 0 Å². The zero-order chi connectivity index (χ0) is 16.5. The Morgan fingerprint density at radius 3 is 2.83 bits per heavy atom. The van der Waals surface area contributed by atoms with E-state index in [1.807, 2.05) is 11.8 Å². The maximum Gasteiger partial charge on any atom is 0.315 e. The Bertz CT molecular complexity index is 395. The first kappa shape index (κ1) is 18.4. The summed E-state index contributed by atoms with van der Waals surface area (Å²) in [5.74, 6) is 1.13. The predicted octanol–water partition coefficient (Wildman–Crippen LogP) is 1.38. The lowest BCUT2D eigenvalue weighted by atomic mass is 10.0. The zero-order valence-electron chi connectivity index (χ0n) is 13.7. The van der Waals surface area contributed by atoms with E-state index in [2.05, 4.69) is 16.0 Å². The number of fused-ring (bicyclic) bond motifs is 1. The molecule has 0 saturated carbocycles. The second kappa shape index (κ2) is 10.0. The van der Waals surface area contributed by atoms with Crippen molar-refractivity contribution in [2.45, 2.75) is 68.7 Å². The number of carbonyl (C=O) groups is 2. The van der Waals surface area contributed by atoms with Gasteiger partial charge < -0.3 is 21.1 Å². The van der Waals surface area contributed by atoms with Crippen LogP contribution in [0.25, 0.3) is 0 Å². The lowest BCUT2D eigenvalue weighted by molar-refractivity contribution is -0.121. The van der Waals surface area contributed by atoms with Crippen LogP contribution in [0.1, 0.15) is 51.4 Å². The first-order valence-electron chi connectivity index (χ1n) is 8.77. The Hall–Kier alpha value is -0.950. The molecule has 0 aromatic heterocycles. The Balaban J connectivity index is 1.46. The molecule has 6 nitrogen and oxygen atoms in total. The summed E-state index contributed by atoms with van der Waals surface area (Å²) in [6, 6.07) is 0.510. The van der Waals surface area contributed by atoms with Crippen molar-refractivity contribution in [3.63, 3.8) is 0 Å². The summed E-state index contributed by atoms with van der Waals surface area (Å²) in [5, 5.41) is 18.1. The van der Waals surface area contributed by atoms with Gasteiger partial charge in [0.25, 0.3) is 0 Å². The van der Waals surface area contributed by atoms with Crippen molar-refractivity contribution in [1.29, 1.82) is 0 Å². The number of aliphatic hydroxyl groups excluding tert-OH is 1. The van der Waals surface area contributed by atoms with E-state index < -0.39 is 0 Å². The average molecular weight is 343 g/mol. The third kappa shape index (κ3) is 6.22. The molecule has 0 bridgehead atoms. The van der Waals surface area contributed by atoms with Gasteiger partial charge in [0.05, 0.1) is 12.1 Å². The number of thioether (sulfide) groups is 1.